The highest BCUT2D eigenvalue weighted by molar-refractivity contribution is 7.92. The van der Waals surface area contributed by atoms with E-state index in [-0.39, 0.29) is 0 Å². The molecule has 0 atom stereocenters. The number of hydrogen-bond donors (Lipinski definition) is 0. The zero-order chi connectivity index (χ0) is 19.7. The molecule has 0 aliphatic carbocycles. The normalized spacial score (nSPS) is 11.5. The fourth-order valence-electron chi connectivity index (χ4n) is 2.83. The number of benzene rings is 1. The van der Waals surface area contributed by atoms with Crippen LogP contribution >= 0.6 is 22.7 Å². The van der Waals surface area contributed by atoms with Crippen LogP contribution in [0.25, 0.3) is 33.8 Å². The Morgan fingerprint density at radius 2 is 1.50 bits per heavy atom. The number of thiophene rings is 2. The van der Waals surface area contributed by atoms with E-state index in [0.717, 1.165) is 16.7 Å². The quantitative estimate of drug-likeness (QED) is 0.450. The number of rotatable bonds is 5. The second-order valence-electron chi connectivity index (χ2n) is 6.21. The summed E-state index contributed by atoms with van der Waals surface area (Å²) in [6, 6.07) is 13.6. The smallest absolute Gasteiger partial charge is 0.233 e. The molecule has 0 amide bonds. The Kier molecular flexibility index (Phi) is 5.01. The minimum atomic E-state index is -3.51. The number of hydrogen-bond acceptors (Lipinski definition) is 6. The predicted molar refractivity (Wildman–Crippen MR) is 117 cm³/mol. The van der Waals surface area contributed by atoms with E-state index in [9.17, 15) is 8.42 Å². The van der Waals surface area contributed by atoms with E-state index >= 15 is 0 Å². The molecule has 3 heterocycles. The van der Waals surface area contributed by atoms with Crippen molar-refractivity contribution < 1.29 is 8.42 Å². The molecule has 8 heteroatoms. The summed E-state index contributed by atoms with van der Waals surface area (Å²) >= 11 is 3.12. The topological polar surface area (TPSA) is 63.2 Å². The Morgan fingerprint density at radius 1 is 0.857 bits per heavy atom. The minimum Gasteiger partial charge on any atom is -0.256 e. The molecule has 0 spiro atoms. The van der Waals surface area contributed by atoms with E-state index in [1.165, 1.54) is 17.6 Å². The lowest BCUT2D eigenvalue weighted by Crippen LogP contribution is -2.27. The summed E-state index contributed by atoms with van der Waals surface area (Å²) < 4.78 is 26.0. The third kappa shape index (κ3) is 3.58. The van der Waals surface area contributed by atoms with Gasteiger partial charge >= 0.3 is 0 Å². The van der Waals surface area contributed by atoms with Gasteiger partial charge in [0.25, 0.3) is 0 Å². The first-order valence-corrected chi connectivity index (χ1v) is 12.1. The second kappa shape index (κ2) is 7.46. The molecule has 0 N–H and O–H groups in total. The van der Waals surface area contributed by atoms with Crippen molar-refractivity contribution in [3.05, 3.63) is 64.0 Å². The summed E-state index contributed by atoms with van der Waals surface area (Å²) in [5.41, 5.74) is 4.08. The molecule has 0 aliphatic heterocycles. The first kappa shape index (κ1) is 18.8. The van der Waals surface area contributed by atoms with Crippen molar-refractivity contribution in [2.24, 2.45) is 0 Å². The molecular formula is C20H17N3O2S3. The molecule has 1 aromatic carbocycles. The lowest BCUT2D eigenvalue weighted by atomic mass is 10.0. The van der Waals surface area contributed by atoms with Crippen molar-refractivity contribution >= 4 is 38.5 Å². The average Bonchev–Trinajstić information content (AvgIpc) is 3.40. The number of sulfonamides is 1. The Labute approximate surface area is 172 Å². The molecule has 0 saturated carbocycles. The molecule has 4 rings (SSSR count). The lowest BCUT2D eigenvalue weighted by molar-refractivity contribution is 0.600. The third-order valence-corrected chi connectivity index (χ3v) is 6.86. The molecular weight excluding hydrogens is 410 g/mol. The molecule has 0 aliphatic rings. The molecule has 0 fully saturated rings. The Bertz CT molecular complexity index is 1190. The van der Waals surface area contributed by atoms with Crippen LogP contribution < -0.4 is 4.31 Å². The van der Waals surface area contributed by atoms with Gasteiger partial charge in [-0.15, -0.1) is 0 Å². The standard InChI is InChI=1S/C20H17N3O2S3/c1-23(28(2,24)25)20-17(14-6-4-3-5-7-14)18(15-8-10-26-12-15)21-19(22-20)16-9-11-27-13-16/h3-13H,1-2H3. The van der Waals surface area contributed by atoms with Crippen molar-refractivity contribution in [3.63, 3.8) is 0 Å². The molecule has 5 nitrogen and oxygen atoms in total. The van der Waals surface area contributed by atoms with Crippen LogP contribution in [0.2, 0.25) is 0 Å². The summed E-state index contributed by atoms with van der Waals surface area (Å²) in [5.74, 6) is 0.874. The number of nitrogens with zero attached hydrogens (tertiary/aromatic N) is 3. The van der Waals surface area contributed by atoms with Gasteiger partial charge in [-0.1, -0.05) is 30.3 Å². The van der Waals surface area contributed by atoms with Crippen LogP contribution in [0, 0.1) is 0 Å². The summed E-state index contributed by atoms with van der Waals surface area (Å²) in [6.45, 7) is 0. The maximum absolute atomic E-state index is 12.4. The number of anilines is 1. The molecule has 28 heavy (non-hydrogen) atoms. The van der Waals surface area contributed by atoms with Gasteiger partial charge < -0.3 is 0 Å². The van der Waals surface area contributed by atoms with Crippen LogP contribution in [0.3, 0.4) is 0 Å². The van der Waals surface area contributed by atoms with Gasteiger partial charge in [-0.3, -0.25) is 4.31 Å². The minimum absolute atomic E-state index is 0.367. The van der Waals surface area contributed by atoms with Crippen LogP contribution in [0.1, 0.15) is 0 Å². The zero-order valence-electron chi connectivity index (χ0n) is 15.2. The van der Waals surface area contributed by atoms with Crippen molar-refractivity contribution in [1.29, 1.82) is 0 Å². The van der Waals surface area contributed by atoms with Gasteiger partial charge in [0.05, 0.1) is 17.5 Å². The van der Waals surface area contributed by atoms with Gasteiger partial charge in [-0.25, -0.2) is 18.4 Å². The summed E-state index contributed by atoms with van der Waals surface area (Å²) in [7, 11) is -1.98. The molecule has 0 unspecified atom stereocenters. The largest absolute Gasteiger partial charge is 0.256 e. The fourth-order valence-corrected chi connectivity index (χ4v) is 4.55. The van der Waals surface area contributed by atoms with Gasteiger partial charge in [0.15, 0.2) is 11.6 Å². The SMILES string of the molecule is CN(c1nc(-c2ccsc2)nc(-c2ccsc2)c1-c1ccccc1)S(C)(=O)=O. The monoisotopic (exact) mass is 427 g/mol. The first-order chi connectivity index (χ1) is 13.4. The van der Waals surface area contributed by atoms with Crippen LogP contribution in [0.4, 0.5) is 5.82 Å². The van der Waals surface area contributed by atoms with Gasteiger partial charge in [0.1, 0.15) is 0 Å². The van der Waals surface area contributed by atoms with E-state index in [4.69, 9.17) is 4.98 Å². The maximum Gasteiger partial charge on any atom is 0.233 e. The maximum atomic E-state index is 12.4. The van der Waals surface area contributed by atoms with Crippen LogP contribution in [0.15, 0.2) is 64.0 Å². The van der Waals surface area contributed by atoms with Gasteiger partial charge in [0, 0.05) is 28.9 Å². The molecule has 4 aromatic rings. The highest BCUT2D eigenvalue weighted by atomic mass is 32.2. The molecule has 0 saturated heterocycles. The molecule has 0 radical (unpaired) electrons. The van der Waals surface area contributed by atoms with Crippen LogP contribution in [-0.4, -0.2) is 31.7 Å². The average molecular weight is 428 g/mol. The van der Waals surface area contributed by atoms with Gasteiger partial charge in [0.2, 0.25) is 10.0 Å². The Balaban J connectivity index is 2.09. The second-order valence-corrected chi connectivity index (χ2v) is 9.79. The Hall–Kier alpha value is -2.55. The number of aromatic nitrogens is 2. The van der Waals surface area contributed by atoms with Gasteiger partial charge in [-0.05, 0) is 28.5 Å². The molecule has 3 aromatic heterocycles. The molecule has 142 valence electrons. The predicted octanol–water partition coefficient (Wildman–Crippen LogP) is 5.00. The van der Waals surface area contributed by atoms with E-state index in [0.29, 0.717) is 22.9 Å². The van der Waals surface area contributed by atoms with Crippen molar-refractivity contribution in [1.82, 2.24) is 9.97 Å². The van der Waals surface area contributed by atoms with Crippen molar-refractivity contribution in [3.8, 4) is 33.8 Å². The van der Waals surface area contributed by atoms with Crippen molar-refractivity contribution in [2.45, 2.75) is 0 Å². The fraction of sp³-hybridized carbons (Fsp3) is 0.100. The first-order valence-electron chi connectivity index (χ1n) is 8.41. The summed E-state index contributed by atoms with van der Waals surface area (Å²) in [6.07, 6.45) is 1.18. The summed E-state index contributed by atoms with van der Waals surface area (Å²) in [4.78, 5) is 9.51. The molecule has 0 bridgehead atoms. The van der Waals surface area contributed by atoms with Crippen molar-refractivity contribution in [2.75, 3.05) is 17.6 Å². The lowest BCUT2D eigenvalue weighted by Gasteiger charge is -2.22. The highest BCUT2D eigenvalue weighted by Gasteiger charge is 2.25. The van der Waals surface area contributed by atoms with Crippen LogP contribution in [0.5, 0.6) is 0 Å². The van der Waals surface area contributed by atoms with E-state index in [1.807, 2.05) is 64.0 Å². The van der Waals surface area contributed by atoms with E-state index < -0.39 is 10.0 Å². The third-order valence-electron chi connectivity index (χ3n) is 4.32. The zero-order valence-corrected chi connectivity index (χ0v) is 17.7. The highest BCUT2D eigenvalue weighted by Crippen LogP contribution is 2.40. The van der Waals surface area contributed by atoms with Crippen LogP contribution in [-0.2, 0) is 10.0 Å². The van der Waals surface area contributed by atoms with E-state index in [2.05, 4.69) is 4.98 Å². The Morgan fingerprint density at radius 3 is 2.07 bits per heavy atom. The summed E-state index contributed by atoms with van der Waals surface area (Å²) in [5, 5.41) is 7.90. The van der Waals surface area contributed by atoms with Gasteiger partial charge in [-0.2, -0.15) is 22.7 Å². The van der Waals surface area contributed by atoms with E-state index in [1.54, 1.807) is 22.7 Å².